The van der Waals surface area contributed by atoms with Crippen LogP contribution in [-0.4, -0.2) is 43.3 Å². The third-order valence-corrected chi connectivity index (χ3v) is 3.59. The first-order valence-corrected chi connectivity index (χ1v) is 8.82. The topological polar surface area (TPSA) is 96.0 Å². The van der Waals surface area contributed by atoms with E-state index in [4.69, 9.17) is 0 Å². The minimum Gasteiger partial charge on any atom is -0.368 e. The predicted molar refractivity (Wildman–Crippen MR) is 86.1 cm³/mol. The van der Waals surface area contributed by atoms with E-state index in [1.54, 1.807) is 6.20 Å². The molecule has 0 aromatic carbocycles. The predicted octanol–water partition coefficient (Wildman–Crippen LogP) is 1.35. The molecular weight excluding hydrogens is 290 g/mol. The van der Waals surface area contributed by atoms with Crippen molar-refractivity contribution >= 4 is 21.8 Å². The van der Waals surface area contributed by atoms with Crippen molar-refractivity contribution in [2.24, 2.45) is 0 Å². The molecule has 0 aliphatic heterocycles. The number of hydrogen-bond acceptors (Lipinski definition) is 6. The van der Waals surface area contributed by atoms with E-state index in [-0.39, 0.29) is 0 Å². The van der Waals surface area contributed by atoms with Gasteiger partial charge in [-0.1, -0.05) is 6.92 Å². The second kappa shape index (κ2) is 7.04. The lowest BCUT2D eigenvalue weighted by Crippen LogP contribution is -2.47. The standard InChI is InChI=1S/C13H25N5O2S/c1-6-7-14-12-15-8-10(2)11(17-12)16-9-13(3,4)18-21(5,19)20/h8,18H,6-7,9H2,1-5H3,(H2,14,15,16,17). The molecule has 0 unspecified atom stereocenters. The minimum atomic E-state index is -3.25. The minimum absolute atomic E-state index is 0.422. The van der Waals surface area contributed by atoms with Crippen molar-refractivity contribution in [2.75, 3.05) is 30.0 Å². The van der Waals surface area contributed by atoms with Gasteiger partial charge in [0.25, 0.3) is 0 Å². The van der Waals surface area contributed by atoms with Gasteiger partial charge < -0.3 is 10.6 Å². The lowest BCUT2D eigenvalue weighted by Gasteiger charge is -2.26. The van der Waals surface area contributed by atoms with E-state index >= 15 is 0 Å². The molecule has 21 heavy (non-hydrogen) atoms. The molecule has 0 aliphatic carbocycles. The zero-order valence-corrected chi connectivity index (χ0v) is 14.1. The van der Waals surface area contributed by atoms with Crippen molar-refractivity contribution in [1.29, 1.82) is 0 Å². The molecule has 0 saturated heterocycles. The number of aromatic nitrogens is 2. The smallest absolute Gasteiger partial charge is 0.224 e. The lowest BCUT2D eigenvalue weighted by atomic mass is 10.1. The van der Waals surface area contributed by atoms with Gasteiger partial charge >= 0.3 is 0 Å². The van der Waals surface area contributed by atoms with E-state index in [0.717, 1.165) is 24.8 Å². The van der Waals surface area contributed by atoms with Crippen LogP contribution in [-0.2, 0) is 10.0 Å². The van der Waals surface area contributed by atoms with Crippen molar-refractivity contribution in [1.82, 2.24) is 14.7 Å². The molecule has 7 nitrogen and oxygen atoms in total. The molecule has 0 saturated carbocycles. The van der Waals surface area contributed by atoms with Crippen molar-refractivity contribution in [3.63, 3.8) is 0 Å². The van der Waals surface area contributed by atoms with Gasteiger partial charge in [-0.05, 0) is 27.2 Å². The van der Waals surface area contributed by atoms with Gasteiger partial charge in [-0.2, -0.15) is 4.98 Å². The normalized spacial score (nSPS) is 12.2. The Bertz CT molecular complexity index is 572. The summed E-state index contributed by atoms with van der Waals surface area (Å²) >= 11 is 0. The van der Waals surface area contributed by atoms with E-state index in [1.807, 2.05) is 20.8 Å². The molecule has 1 rings (SSSR count). The first kappa shape index (κ1) is 17.6. The Morgan fingerprint density at radius 1 is 1.29 bits per heavy atom. The van der Waals surface area contributed by atoms with E-state index in [1.165, 1.54) is 0 Å². The van der Waals surface area contributed by atoms with Crippen LogP contribution in [0.15, 0.2) is 6.20 Å². The molecule has 3 N–H and O–H groups in total. The van der Waals surface area contributed by atoms with E-state index in [0.29, 0.717) is 18.3 Å². The zero-order valence-electron chi connectivity index (χ0n) is 13.3. The van der Waals surface area contributed by atoms with E-state index in [9.17, 15) is 8.42 Å². The number of nitrogens with zero attached hydrogens (tertiary/aromatic N) is 2. The molecule has 8 heteroatoms. The molecule has 0 atom stereocenters. The number of hydrogen-bond donors (Lipinski definition) is 3. The molecule has 120 valence electrons. The first-order valence-electron chi connectivity index (χ1n) is 6.93. The van der Waals surface area contributed by atoms with Crippen LogP contribution in [0.3, 0.4) is 0 Å². The quantitative estimate of drug-likeness (QED) is 0.670. The Morgan fingerprint density at radius 3 is 2.52 bits per heavy atom. The van der Waals surface area contributed by atoms with Gasteiger partial charge in [-0.25, -0.2) is 18.1 Å². The zero-order chi connectivity index (χ0) is 16.1. The monoisotopic (exact) mass is 315 g/mol. The molecule has 0 spiro atoms. The first-order chi connectivity index (χ1) is 9.63. The maximum Gasteiger partial charge on any atom is 0.224 e. The Hall–Kier alpha value is -1.41. The fraction of sp³-hybridized carbons (Fsp3) is 0.692. The largest absolute Gasteiger partial charge is 0.368 e. The van der Waals surface area contributed by atoms with Crippen molar-refractivity contribution < 1.29 is 8.42 Å². The highest BCUT2D eigenvalue weighted by Crippen LogP contribution is 2.14. The average molecular weight is 315 g/mol. The fourth-order valence-corrected chi connectivity index (χ4v) is 2.86. The van der Waals surface area contributed by atoms with Gasteiger partial charge in [0.15, 0.2) is 0 Å². The van der Waals surface area contributed by atoms with Crippen LogP contribution in [0.25, 0.3) is 0 Å². The van der Waals surface area contributed by atoms with Gasteiger partial charge in [0, 0.05) is 30.4 Å². The maximum atomic E-state index is 11.3. The van der Waals surface area contributed by atoms with Crippen LogP contribution in [0.1, 0.15) is 32.8 Å². The van der Waals surface area contributed by atoms with Crippen LogP contribution < -0.4 is 15.4 Å². The Labute approximate surface area is 127 Å². The van der Waals surface area contributed by atoms with Crippen molar-refractivity contribution in [2.45, 2.75) is 39.7 Å². The molecule has 1 aromatic heterocycles. The van der Waals surface area contributed by atoms with Crippen LogP contribution in [0.4, 0.5) is 11.8 Å². The lowest BCUT2D eigenvalue weighted by molar-refractivity contribution is 0.476. The van der Waals surface area contributed by atoms with Crippen LogP contribution in [0, 0.1) is 6.92 Å². The molecule has 0 radical (unpaired) electrons. The Balaban J connectivity index is 2.74. The van der Waals surface area contributed by atoms with Crippen LogP contribution in [0.2, 0.25) is 0 Å². The highest BCUT2D eigenvalue weighted by Gasteiger charge is 2.22. The number of anilines is 2. The summed E-state index contributed by atoms with van der Waals surface area (Å²) in [6.07, 6.45) is 3.88. The SMILES string of the molecule is CCCNc1ncc(C)c(NCC(C)(C)NS(C)(=O)=O)n1. The number of nitrogens with one attached hydrogen (secondary N) is 3. The summed E-state index contributed by atoms with van der Waals surface area (Å²) in [6, 6.07) is 0. The fourth-order valence-electron chi connectivity index (χ4n) is 1.79. The van der Waals surface area contributed by atoms with E-state index < -0.39 is 15.6 Å². The summed E-state index contributed by atoms with van der Waals surface area (Å²) in [5.41, 5.74) is 0.300. The van der Waals surface area contributed by atoms with Gasteiger partial charge in [-0.15, -0.1) is 0 Å². The third kappa shape index (κ3) is 6.72. The molecule has 0 amide bonds. The van der Waals surface area contributed by atoms with Crippen molar-refractivity contribution in [3.8, 4) is 0 Å². The molecule has 1 heterocycles. The second-order valence-electron chi connectivity index (χ2n) is 5.76. The molecule has 0 bridgehead atoms. The molecule has 0 aliphatic rings. The second-order valence-corrected chi connectivity index (χ2v) is 7.51. The van der Waals surface area contributed by atoms with Gasteiger partial charge in [0.2, 0.25) is 16.0 Å². The number of sulfonamides is 1. The van der Waals surface area contributed by atoms with Crippen LogP contribution >= 0.6 is 0 Å². The third-order valence-electron chi connectivity index (χ3n) is 2.66. The van der Waals surface area contributed by atoms with Crippen molar-refractivity contribution in [3.05, 3.63) is 11.8 Å². The van der Waals surface area contributed by atoms with E-state index in [2.05, 4.69) is 32.2 Å². The summed E-state index contributed by atoms with van der Waals surface area (Å²) in [5.74, 6) is 1.27. The number of aryl methyl sites for hydroxylation is 1. The average Bonchev–Trinajstić information content (AvgIpc) is 2.33. The summed E-state index contributed by atoms with van der Waals surface area (Å²) in [7, 11) is -3.25. The molecule has 1 aromatic rings. The van der Waals surface area contributed by atoms with Crippen LogP contribution in [0.5, 0.6) is 0 Å². The van der Waals surface area contributed by atoms with Gasteiger partial charge in [0.05, 0.1) is 6.26 Å². The summed E-state index contributed by atoms with van der Waals surface area (Å²) in [6.45, 7) is 8.83. The van der Waals surface area contributed by atoms with Gasteiger partial charge in [0.1, 0.15) is 5.82 Å². The summed E-state index contributed by atoms with van der Waals surface area (Å²) < 4.78 is 25.2. The van der Waals surface area contributed by atoms with Gasteiger partial charge in [-0.3, -0.25) is 0 Å². The number of rotatable bonds is 8. The summed E-state index contributed by atoms with van der Waals surface area (Å²) in [5, 5.41) is 6.30. The highest BCUT2D eigenvalue weighted by atomic mass is 32.2. The Morgan fingerprint density at radius 2 is 1.95 bits per heavy atom. The Kier molecular flexibility index (Phi) is 5.91. The maximum absolute atomic E-state index is 11.3. The molecule has 0 fully saturated rings. The summed E-state index contributed by atoms with van der Waals surface area (Å²) in [4.78, 5) is 8.61. The highest BCUT2D eigenvalue weighted by molar-refractivity contribution is 7.88. The molecular formula is C13H25N5O2S.